The van der Waals surface area contributed by atoms with Crippen molar-refractivity contribution in [1.29, 1.82) is 0 Å². The van der Waals surface area contributed by atoms with Crippen molar-refractivity contribution in [2.75, 3.05) is 10.6 Å². The highest BCUT2D eigenvalue weighted by atomic mass is 16.4. The van der Waals surface area contributed by atoms with Gasteiger partial charge in [0.15, 0.2) is 5.82 Å². The van der Waals surface area contributed by atoms with Gasteiger partial charge in [0.25, 0.3) is 0 Å². The SMILES string of the molecule is O=C(O)c1ccc2c(c1)nc(NC1CC1)c1nc(NCc3cccnc3)ncc12. The minimum atomic E-state index is -0.975. The summed E-state index contributed by atoms with van der Waals surface area (Å²) in [4.78, 5) is 29.3. The normalized spacial score (nSPS) is 13.5. The van der Waals surface area contributed by atoms with Gasteiger partial charge in [-0.3, -0.25) is 4.98 Å². The van der Waals surface area contributed by atoms with E-state index >= 15 is 0 Å². The first-order valence-electron chi connectivity index (χ1n) is 9.40. The first kappa shape index (κ1) is 17.3. The van der Waals surface area contributed by atoms with E-state index in [0.29, 0.717) is 29.9 Å². The molecule has 0 unspecified atom stereocenters. The highest BCUT2D eigenvalue weighted by molar-refractivity contribution is 6.09. The smallest absolute Gasteiger partial charge is 0.335 e. The van der Waals surface area contributed by atoms with Crippen LogP contribution in [-0.4, -0.2) is 37.1 Å². The van der Waals surface area contributed by atoms with Gasteiger partial charge in [-0.2, -0.15) is 0 Å². The number of benzene rings is 1. The number of anilines is 2. The maximum Gasteiger partial charge on any atom is 0.335 e. The second kappa shape index (κ2) is 6.97. The van der Waals surface area contributed by atoms with Crippen LogP contribution in [0.2, 0.25) is 0 Å². The van der Waals surface area contributed by atoms with Crippen LogP contribution in [0.3, 0.4) is 0 Å². The van der Waals surface area contributed by atoms with Gasteiger partial charge in [-0.15, -0.1) is 0 Å². The minimum absolute atomic E-state index is 0.206. The lowest BCUT2D eigenvalue weighted by Gasteiger charge is -2.12. The summed E-state index contributed by atoms with van der Waals surface area (Å²) in [5, 5.41) is 17.6. The average Bonchev–Trinajstić information content (AvgIpc) is 3.56. The van der Waals surface area contributed by atoms with Gasteiger partial charge < -0.3 is 15.7 Å². The summed E-state index contributed by atoms with van der Waals surface area (Å²) in [6, 6.07) is 9.18. The van der Waals surface area contributed by atoms with Crippen LogP contribution in [0.4, 0.5) is 11.8 Å². The number of nitrogens with zero attached hydrogens (tertiary/aromatic N) is 4. The lowest BCUT2D eigenvalue weighted by atomic mass is 10.1. The molecule has 0 saturated heterocycles. The molecule has 0 atom stereocenters. The molecule has 5 rings (SSSR count). The summed E-state index contributed by atoms with van der Waals surface area (Å²) in [5.74, 6) is 0.185. The van der Waals surface area contributed by atoms with E-state index in [0.717, 1.165) is 34.7 Å². The van der Waals surface area contributed by atoms with E-state index < -0.39 is 5.97 Å². The molecule has 3 N–H and O–H groups in total. The van der Waals surface area contributed by atoms with E-state index in [-0.39, 0.29) is 5.56 Å². The van der Waals surface area contributed by atoms with Crippen molar-refractivity contribution in [1.82, 2.24) is 19.9 Å². The first-order valence-corrected chi connectivity index (χ1v) is 9.40. The third-order valence-electron chi connectivity index (χ3n) is 4.87. The molecule has 8 heteroatoms. The van der Waals surface area contributed by atoms with Gasteiger partial charge in [-0.1, -0.05) is 12.1 Å². The van der Waals surface area contributed by atoms with Crippen LogP contribution in [0.5, 0.6) is 0 Å². The van der Waals surface area contributed by atoms with Crippen molar-refractivity contribution in [3.05, 3.63) is 60.0 Å². The van der Waals surface area contributed by atoms with E-state index in [1.807, 2.05) is 12.1 Å². The first-order chi connectivity index (χ1) is 14.2. The number of aromatic carboxylic acids is 1. The van der Waals surface area contributed by atoms with Crippen molar-refractivity contribution in [3.63, 3.8) is 0 Å². The summed E-state index contributed by atoms with van der Waals surface area (Å²) in [5.41, 5.74) is 2.57. The molecule has 0 amide bonds. The molecule has 1 aromatic carbocycles. The third kappa shape index (κ3) is 3.52. The van der Waals surface area contributed by atoms with Crippen LogP contribution in [0.25, 0.3) is 21.8 Å². The Labute approximate surface area is 166 Å². The zero-order valence-corrected chi connectivity index (χ0v) is 15.5. The van der Waals surface area contributed by atoms with E-state index in [4.69, 9.17) is 4.98 Å². The highest BCUT2D eigenvalue weighted by Gasteiger charge is 2.23. The molecule has 3 heterocycles. The fourth-order valence-electron chi connectivity index (χ4n) is 3.21. The number of carboxylic acid groups (broad SMARTS) is 1. The molecule has 1 fully saturated rings. The Morgan fingerprint density at radius 3 is 2.79 bits per heavy atom. The summed E-state index contributed by atoms with van der Waals surface area (Å²) in [6.07, 6.45) is 7.47. The number of carboxylic acids is 1. The maximum atomic E-state index is 11.3. The molecule has 0 radical (unpaired) electrons. The minimum Gasteiger partial charge on any atom is -0.478 e. The maximum absolute atomic E-state index is 11.3. The molecule has 1 aliphatic carbocycles. The summed E-state index contributed by atoms with van der Waals surface area (Å²) in [7, 11) is 0. The lowest BCUT2D eigenvalue weighted by molar-refractivity contribution is 0.0697. The number of hydrogen-bond donors (Lipinski definition) is 3. The molecule has 0 bridgehead atoms. The van der Waals surface area contributed by atoms with Crippen LogP contribution < -0.4 is 10.6 Å². The fourth-order valence-corrected chi connectivity index (χ4v) is 3.21. The van der Waals surface area contributed by atoms with E-state index in [9.17, 15) is 9.90 Å². The van der Waals surface area contributed by atoms with Gasteiger partial charge in [-0.05, 0) is 36.6 Å². The summed E-state index contributed by atoms with van der Waals surface area (Å²) >= 11 is 0. The molecule has 8 nitrogen and oxygen atoms in total. The summed E-state index contributed by atoms with van der Waals surface area (Å²) in [6.45, 7) is 0.563. The van der Waals surface area contributed by atoms with E-state index in [1.165, 1.54) is 0 Å². The number of pyridine rings is 2. The molecular formula is C21H18N6O2. The van der Waals surface area contributed by atoms with Crippen molar-refractivity contribution < 1.29 is 9.90 Å². The predicted octanol–water partition coefficient (Wildman–Crippen LogP) is 3.46. The Hall–Kier alpha value is -3.81. The Bertz CT molecular complexity index is 1220. The van der Waals surface area contributed by atoms with Crippen LogP contribution in [0, 0.1) is 0 Å². The average molecular weight is 386 g/mol. The molecular weight excluding hydrogens is 368 g/mol. The Balaban J connectivity index is 1.58. The number of fused-ring (bicyclic) bond motifs is 3. The molecule has 29 heavy (non-hydrogen) atoms. The predicted molar refractivity (Wildman–Crippen MR) is 110 cm³/mol. The van der Waals surface area contributed by atoms with Crippen LogP contribution in [-0.2, 0) is 6.54 Å². The number of nitrogens with one attached hydrogen (secondary N) is 2. The van der Waals surface area contributed by atoms with Crippen LogP contribution >= 0.6 is 0 Å². The van der Waals surface area contributed by atoms with Gasteiger partial charge in [0, 0.05) is 41.9 Å². The molecule has 1 aliphatic rings. The summed E-state index contributed by atoms with van der Waals surface area (Å²) < 4.78 is 0. The van der Waals surface area contributed by atoms with Crippen molar-refractivity contribution in [2.24, 2.45) is 0 Å². The van der Waals surface area contributed by atoms with E-state index in [2.05, 4.69) is 25.6 Å². The largest absolute Gasteiger partial charge is 0.478 e. The number of aromatic nitrogens is 4. The third-order valence-corrected chi connectivity index (χ3v) is 4.87. The van der Waals surface area contributed by atoms with Crippen molar-refractivity contribution >= 4 is 39.5 Å². The van der Waals surface area contributed by atoms with Crippen LogP contribution in [0.15, 0.2) is 48.9 Å². The molecule has 4 aromatic rings. The van der Waals surface area contributed by atoms with Crippen LogP contribution in [0.1, 0.15) is 28.8 Å². The Morgan fingerprint density at radius 2 is 2.03 bits per heavy atom. The Kier molecular flexibility index (Phi) is 4.16. The Morgan fingerprint density at radius 1 is 1.14 bits per heavy atom. The van der Waals surface area contributed by atoms with Gasteiger partial charge in [-0.25, -0.2) is 19.7 Å². The van der Waals surface area contributed by atoms with Gasteiger partial charge in [0.1, 0.15) is 5.52 Å². The van der Waals surface area contributed by atoms with E-state index in [1.54, 1.807) is 36.8 Å². The quantitative estimate of drug-likeness (QED) is 0.432. The molecule has 0 spiro atoms. The van der Waals surface area contributed by atoms with Crippen molar-refractivity contribution in [3.8, 4) is 0 Å². The van der Waals surface area contributed by atoms with Gasteiger partial charge in [0.05, 0.1) is 11.1 Å². The second-order valence-electron chi connectivity index (χ2n) is 7.09. The number of carbonyl (C=O) groups is 1. The molecule has 0 aliphatic heterocycles. The number of rotatable bonds is 6. The van der Waals surface area contributed by atoms with Gasteiger partial charge >= 0.3 is 5.97 Å². The second-order valence-corrected chi connectivity index (χ2v) is 7.09. The fraction of sp³-hybridized carbons (Fsp3) is 0.190. The standard InChI is InChI=1S/C21H18N6O2/c28-20(29)13-3-6-15-16-11-24-21(23-10-12-2-1-7-22-9-12)27-18(16)19(25-14-4-5-14)26-17(15)8-13/h1-3,6-9,11,14H,4-5,10H2,(H,25,26)(H,28,29)(H,23,24,27). The number of hydrogen-bond acceptors (Lipinski definition) is 7. The highest BCUT2D eigenvalue weighted by Crippen LogP contribution is 2.32. The van der Waals surface area contributed by atoms with Crippen molar-refractivity contribution in [2.45, 2.75) is 25.4 Å². The monoisotopic (exact) mass is 386 g/mol. The molecule has 1 saturated carbocycles. The molecule has 144 valence electrons. The zero-order chi connectivity index (χ0) is 19.8. The zero-order valence-electron chi connectivity index (χ0n) is 15.5. The van der Waals surface area contributed by atoms with Gasteiger partial charge in [0.2, 0.25) is 5.95 Å². The topological polar surface area (TPSA) is 113 Å². The lowest BCUT2D eigenvalue weighted by Crippen LogP contribution is -2.08. The molecule has 3 aromatic heterocycles.